The van der Waals surface area contributed by atoms with Crippen LogP contribution in [0.2, 0.25) is 0 Å². The number of alkyl halides is 3. The normalized spacial score (nSPS) is 37.0. The first-order chi connectivity index (χ1) is 9.19. The van der Waals surface area contributed by atoms with Gasteiger partial charge in [-0.3, -0.25) is 9.59 Å². The number of fused-ring (bicyclic) bond motifs is 2. The van der Waals surface area contributed by atoms with E-state index in [-0.39, 0.29) is 24.4 Å². The zero-order chi connectivity index (χ0) is 14.8. The van der Waals surface area contributed by atoms with E-state index in [2.05, 4.69) is 0 Å². The molecule has 2 bridgehead atoms. The van der Waals surface area contributed by atoms with E-state index >= 15 is 0 Å². The molecule has 1 amide bonds. The second kappa shape index (κ2) is 3.89. The van der Waals surface area contributed by atoms with Crippen LogP contribution in [0.5, 0.6) is 0 Å². The molecular weight excluding hydrogens is 275 g/mol. The topological polar surface area (TPSA) is 57.6 Å². The highest BCUT2D eigenvalue weighted by Gasteiger charge is 2.66. The smallest absolute Gasteiger partial charge is 0.471 e. The van der Waals surface area contributed by atoms with E-state index in [0.717, 1.165) is 17.7 Å². The van der Waals surface area contributed by atoms with Crippen LogP contribution in [0.4, 0.5) is 13.2 Å². The zero-order valence-electron chi connectivity index (χ0n) is 10.9. The van der Waals surface area contributed by atoms with E-state index in [0.29, 0.717) is 19.3 Å². The molecule has 20 heavy (non-hydrogen) atoms. The monoisotopic (exact) mass is 291 g/mol. The SMILES string of the molecule is O=C(N1CC(C23CCCC(C(=O)O)(C2)C3)C1)C(F)(F)F. The van der Waals surface area contributed by atoms with Gasteiger partial charge < -0.3 is 10.0 Å². The number of likely N-dealkylation sites (tertiary alicyclic amines) is 1. The fourth-order valence-corrected chi connectivity index (χ4v) is 4.39. The van der Waals surface area contributed by atoms with Gasteiger partial charge in [0.05, 0.1) is 5.41 Å². The van der Waals surface area contributed by atoms with Gasteiger partial charge in [0.1, 0.15) is 0 Å². The van der Waals surface area contributed by atoms with Gasteiger partial charge in [-0.2, -0.15) is 13.2 Å². The van der Waals surface area contributed by atoms with Crippen molar-refractivity contribution in [2.45, 2.75) is 38.3 Å². The maximum Gasteiger partial charge on any atom is 0.471 e. The van der Waals surface area contributed by atoms with Gasteiger partial charge in [-0.1, -0.05) is 6.42 Å². The van der Waals surface area contributed by atoms with Crippen molar-refractivity contribution < 1.29 is 27.9 Å². The number of carbonyl (C=O) groups excluding carboxylic acids is 1. The van der Waals surface area contributed by atoms with Crippen molar-refractivity contribution in [3.8, 4) is 0 Å². The Bertz CT molecular complexity index is 462. The molecule has 112 valence electrons. The molecule has 4 rings (SSSR count). The minimum atomic E-state index is -4.81. The van der Waals surface area contributed by atoms with E-state index < -0.39 is 23.5 Å². The Morgan fingerprint density at radius 2 is 1.75 bits per heavy atom. The lowest BCUT2D eigenvalue weighted by Gasteiger charge is -2.65. The van der Waals surface area contributed by atoms with Gasteiger partial charge >= 0.3 is 18.1 Å². The predicted octanol–water partition coefficient (Wildman–Crippen LogP) is 2.04. The van der Waals surface area contributed by atoms with Gasteiger partial charge in [0.15, 0.2) is 0 Å². The molecule has 1 N–H and O–H groups in total. The molecule has 0 unspecified atom stereocenters. The van der Waals surface area contributed by atoms with Crippen molar-refractivity contribution in [2.24, 2.45) is 16.7 Å². The van der Waals surface area contributed by atoms with Gasteiger partial charge in [-0.05, 0) is 37.0 Å². The molecular formula is C13H16F3NO3. The summed E-state index contributed by atoms with van der Waals surface area (Å²) in [5.41, 5.74) is -0.786. The molecule has 3 saturated carbocycles. The van der Waals surface area contributed by atoms with Crippen molar-refractivity contribution in [3.05, 3.63) is 0 Å². The van der Waals surface area contributed by atoms with Crippen LogP contribution in [0.1, 0.15) is 32.1 Å². The molecule has 0 spiro atoms. The molecule has 1 saturated heterocycles. The fraction of sp³-hybridized carbons (Fsp3) is 0.846. The number of carboxylic acids is 1. The molecule has 1 heterocycles. The molecule has 4 fully saturated rings. The Labute approximate surface area is 113 Å². The number of carbonyl (C=O) groups is 2. The standard InChI is InChI=1S/C13H16F3NO3/c14-13(15,16)9(18)17-4-8(5-17)11-2-1-3-12(6-11,7-11)10(19)20/h8H,1-7H2,(H,19,20). The lowest BCUT2D eigenvalue weighted by Crippen LogP contribution is -2.66. The maximum atomic E-state index is 12.3. The second-order valence-electron chi connectivity index (χ2n) is 6.56. The summed E-state index contributed by atoms with van der Waals surface area (Å²) in [5, 5.41) is 9.26. The third kappa shape index (κ3) is 1.74. The average molecular weight is 291 g/mol. The van der Waals surface area contributed by atoms with E-state index in [1.165, 1.54) is 0 Å². The molecule has 7 heteroatoms. The summed E-state index contributed by atoms with van der Waals surface area (Å²) in [5.74, 6) is -2.53. The highest BCUT2D eigenvalue weighted by molar-refractivity contribution is 5.82. The number of hydrogen-bond acceptors (Lipinski definition) is 2. The van der Waals surface area contributed by atoms with Crippen LogP contribution < -0.4 is 0 Å². The Kier molecular flexibility index (Phi) is 2.66. The van der Waals surface area contributed by atoms with E-state index in [9.17, 15) is 27.9 Å². The van der Waals surface area contributed by atoms with Crippen LogP contribution in [0, 0.1) is 16.7 Å². The summed E-state index contributed by atoms with van der Waals surface area (Å²) >= 11 is 0. The van der Waals surface area contributed by atoms with Gasteiger partial charge in [-0.15, -0.1) is 0 Å². The van der Waals surface area contributed by atoms with E-state index in [1.807, 2.05) is 0 Å². The number of halogens is 3. The molecule has 0 aromatic heterocycles. The number of nitrogens with zero attached hydrogens (tertiary/aromatic N) is 1. The quantitative estimate of drug-likeness (QED) is 0.847. The highest BCUT2D eigenvalue weighted by Crippen LogP contribution is 2.68. The highest BCUT2D eigenvalue weighted by atomic mass is 19.4. The summed E-state index contributed by atoms with van der Waals surface area (Å²) in [6.45, 7) is 0.238. The van der Waals surface area contributed by atoms with Gasteiger partial charge in [-0.25, -0.2) is 0 Å². The summed E-state index contributed by atoms with van der Waals surface area (Å²) in [6, 6.07) is 0. The van der Waals surface area contributed by atoms with Crippen molar-refractivity contribution in [1.82, 2.24) is 4.90 Å². The molecule has 3 aliphatic carbocycles. The summed E-state index contributed by atoms with van der Waals surface area (Å²) in [4.78, 5) is 23.2. The van der Waals surface area contributed by atoms with Crippen LogP contribution in [-0.2, 0) is 9.59 Å². The first-order valence-corrected chi connectivity index (χ1v) is 6.78. The van der Waals surface area contributed by atoms with Crippen LogP contribution >= 0.6 is 0 Å². The summed E-state index contributed by atoms with van der Waals surface area (Å²) in [6.07, 6.45) is -1.32. The Morgan fingerprint density at radius 1 is 1.15 bits per heavy atom. The Morgan fingerprint density at radius 3 is 2.25 bits per heavy atom. The number of aliphatic carboxylic acids is 1. The number of amides is 1. The van der Waals surface area contributed by atoms with E-state index in [4.69, 9.17) is 0 Å². The summed E-state index contributed by atoms with van der Waals surface area (Å²) in [7, 11) is 0. The van der Waals surface area contributed by atoms with Gasteiger partial charge in [0.2, 0.25) is 0 Å². The number of carboxylic acid groups (broad SMARTS) is 1. The van der Waals surface area contributed by atoms with Crippen LogP contribution in [0.15, 0.2) is 0 Å². The third-order valence-corrected chi connectivity index (χ3v) is 5.44. The van der Waals surface area contributed by atoms with E-state index in [1.54, 1.807) is 0 Å². The molecule has 0 aromatic rings. The first kappa shape index (κ1) is 13.7. The minimum absolute atomic E-state index is 0.0292. The van der Waals surface area contributed by atoms with Crippen LogP contribution in [-0.4, -0.2) is 41.1 Å². The maximum absolute atomic E-state index is 12.3. The molecule has 0 aromatic carbocycles. The minimum Gasteiger partial charge on any atom is -0.481 e. The van der Waals surface area contributed by atoms with Crippen molar-refractivity contribution >= 4 is 11.9 Å². The van der Waals surface area contributed by atoms with Crippen LogP contribution in [0.25, 0.3) is 0 Å². The second-order valence-corrected chi connectivity index (χ2v) is 6.56. The molecule has 0 atom stereocenters. The van der Waals surface area contributed by atoms with Crippen LogP contribution in [0.3, 0.4) is 0 Å². The number of rotatable bonds is 2. The fourth-order valence-electron chi connectivity index (χ4n) is 4.39. The Balaban J connectivity index is 1.62. The van der Waals surface area contributed by atoms with Crippen molar-refractivity contribution in [1.29, 1.82) is 0 Å². The van der Waals surface area contributed by atoms with Gasteiger partial charge in [0.25, 0.3) is 0 Å². The van der Waals surface area contributed by atoms with Crippen molar-refractivity contribution in [3.63, 3.8) is 0 Å². The van der Waals surface area contributed by atoms with Crippen molar-refractivity contribution in [2.75, 3.05) is 13.1 Å². The Hall–Kier alpha value is -1.27. The zero-order valence-corrected chi connectivity index (χ0v) is 10.9. The predicted molar refractivity (Wildman–Crippen MR) is 61.7 cm³/mol. The molecule has 4 nitrogen and oxygen atoms in total. The lowest BCUT2D eigenvalue weighted by atomic mass is 9.41. The lowest BCUT2D eigenvalue weighted by molar-refractivity contribution is -0.212. The number of hydrogen-bond donors (Lipinski definition) is 1. The summed E-state index contributed by atoms with van der Waals surface area (Å²) < 4.78 is 36.9. The largest absolute Gasteiger partial charge is 0.481 e. The molecule has 4 aliphatic rings. The first-order valence-electron chi connectivity index (χ1n) is 6.78. The molecule has 0 radical (unpaired) electrons. The average Bonchev–Trinajstić information content (AvgIpc) is 2.24. The molecule has 1 aliphatic heterocycles. The van der Waals surface area contributed by atoms with Gasteiger partial charge in [0, 0.05) is 13.1 Å². The third-order valence-electron chi connectivity index (χ3n) is 5.44.